The van der Waals surface area contributed by atoms with Crippen LogP contribution in [0.5, 0.6) is 0 Å². The van der Waals surface area contributed by atoms with Crippen molar-refractivity contribution >= 4 is 11.3 Å². The van der Waals surface area contributed by atoms with E-state index in [1.54, 1.807) is 11.3 Å². The van der Waals surface area contributed by atoms with Crippen LogP contribution in [-0.4, -0.2) is 21.2 Å². The van der Waals surface area contributed by atoms with Crippen molar-refractivity contribution in [3.05, 3.63) is 16.1 Å². The Kier molecular flexibility index (Phi) is 4.10. The zero-order valence-electron chi connectivity index (χ0n) is 10.8. The van der Waals surface area contributed by atoms with Gasteiger partial charge in [0.15, 0.2) is 0 Å². The minimum atomic E-state index is -0.753. The molecule has 1 rings (SSSR count). The molecule has 1 aromatic heterocycles. The van der Waals surface area contributed by atoms with Crippen LogP contribution in [0.25, 0.3) is 0 Å². The van der Waals surface area contributed by atoms with E-state index >= 15 is 0 Å². The molecule has 0 spiro atoms. The minimum absolute atomic E-state index is 0.330. The molecule has 0 unspecified atom stereocenters. The Balaban J connectivity index is 2.57. The molecular weight excluding hydrogens is 220 g/mol. The summed E-state index contributed by atoms with van der Waals surface area (Å²) in [6, 6.07) is 0. The van der Waals surface area contributed by atoms with Gasteiger partial charge in [-0.3, -0.25) is 0 Å². The van der Waals surface area contributed by atoms with Gasteiger partial charge < -0.3 is 10.4 Å². The maximum absolute atomic E-state index is 9.99. The minimum Gasteiger partial charge on any atom is -0.389 e. The van der Waals surface area contributed by atoms with Crippen LogP contribution in [0.4, 0.5) is 0 Å². The van der Waals surface area contributed by atoms with Gasteiger partial charge in [0, 0.05) is 17.5 Å². The molecule has 16 heavy (non-hydrogen) atoms. The van der Waals surface area contributed by atoms with E-state index in [9.17, 15) is 5.11 Å². The SMILES string of the molecule is CCc1nc(CNC(C)(C)C(C)(C)O)cs1. The second kappa shape index (κ2) is 4.82. The fourth-order valence-corrected chi connectivity index (χ4v) is 1.87. The number of hydrogen-bond acceptors (Lipinski definition) is 4. The van der Waals surface area contributed by atoms with Gasteiger partial charge in [-0.2, -0.15) is 0 Å². The molecule has 0 saturated carbocycles. The number of aryl methyl sites for hydroxylation is 1. The Morgan fingerprint density at radius 1 is 1.38 bits per heavy atom. The molecule has 3 nitrogen and oxygen atoms in total. The molecule has 92 valence electrons. The molecule has 0 bridgehead atoms. The first kappa shape index (κ1) is 13.6. The summed E-state index contributed by atoms with van der Waals surface area (Å²) in [6.07, 6.45) is 0.986. The highest BCUT2D eigenvalue weighted by Gasteiger charge is 2.34. The van der Waals surface area contributed by atoms with Gasteiger partial charge >= 0.3 is 0 Å². The summed E-state index contributed by atoms with van der Waals surface area (Å²) in [4.78, 5) is 4.49. The van der Waals surface area contributed by atoms with E-state index in [2.05, 4.69) is 22.6 Å². The summed E-state index contributed by atoms with van der Waals surface area (Å²) >= 11 is 1.69. The predicted molar refractivity (Wildman–Crippen MR) is 68.7 cm³/mol. The van der Waals surface area contributed by atoms with Crippen molar-refractivity contribution in [1.82, 2.24) is 10.3 Å². The summed E-state index contributed by atoms with van der Waals surface area (Å²) in [5, 5.41) is 16.6. The van der Waals surface area contributed by atoms with E-state index in [0.29, 0.717) is 6.54 Å². The van der Waals surface area contributed by atoms with E-state index in [-0.39, 0.29) is 5.54 Å². The Morgan fingerprint density at radius 2 is 2.00 bits per heavy atom. The van der Waals surface area contributed by atoms with E-state index in [0.717, 1.165) is 17.1 Å². The summed E-state index contributed by atoms with van der Waals surface area (Å²) in [7, 11) is 0. The summed E-state index contributed by atoms with van der Waals surface area (Å²) in [6.45, 7) is 10.4. The van der Waals surface area contributed by atoms with Crippen LogP contribution in [0.2, 0.25) is 0 Å². The molecule has 4 heteroatoms. The quantitative estimate of drug-likeness (QED) is 0.833. The van der Waals surface area contributed by atoms with Crippen LogP contribution in [0, 0.1) is 0 Å². The third-order valence-electron chi connectivity index (χ3n) is 3.14. The van der Waals surface area contributed by atoms with Gasteiger partial charge in [0.2, 0.25) is 0 Å². The van der Waals surface area contributed by atoms with Crippen LogP contribution in [0.3, 0.4) is 0 Å². The van der Waals surface area contributed by atoms with E-state index < -0.39 is 5.60 Å². The fourth-order valence-electron chi connectivity index (χ4n) is 1.12. The number of thiazole rings is 1. The molecule has 0 aliphatic rings. The highest BCUT2D eigenvalue weighted by atomic mass is 32.1. The molecule has 0 aliphatic heterocycles. The molecule has 0 fully saturated rings. The zero-order valence-corrected chi connectivity index (χ0v) is 11.6. The maximum Gasteiger partial charge on any atom is 0.0926 e. The summed E-state index contributed by atoms with van der Waals surface area (Å²) in [5.74, 6) is 0. The molecule has 0 aliphatic carbocycles. The highest BCUT2D eigenvalue weighted by molar-refractivity contribution is 7.09. The van der Waals surface area contributed by atoms with Gasteiger partial charge in [-0.05, 0) is 34.1 Å². The van der Waals surface area contributed by atoms with Crippen molar-refractivity contribution in [1.29, 1.82) is 0 Å². The van der Waals surface area contributed by atoms with Gasteiger partial charge in [0.1, 0.15) is 0 Å². The first-order valence-electron chi connectivity index (χ1n) is 5.67. The molecule has 0 radical (unpaired) electrons. The fraction of sp³-hybridized carbons (Fsp3) is 0.750. The molecular formula is C12H22N2OS. The maximum atomic E-state index is 9.99. The largest absolute Gasteiger partial charge is 0.389 e. The number of rotatable bonds is 5. The van der Waals surface area contributed by atoms with E-state index in [1.165, 1.54) is 0 Å². The van der Waals surface area contributed by atoms with Gasteiger partial charge in [-0.25, -0.2) is 4.98 Å². The standard InChI is InChI=1S/C12H22N2OS/c1-6-10-14-9(8-16-10)7-13-11(2,3)12(4,5)15/h8,13,15H,6-7H2,1-5H3. The topological polar surface area (TPSA) is 45.2 Å². The second-order valence-electron chi connectivity index (χ2n) is 5.12. The second-order valence-corrected chi connectivity index (χ2v) is 6.07. The molecule has 0 amide bonds. The first-order chi connectivity index (χ1) is 7.26. The van der Waals surface area contributed by atoms with E-state index in [4.69, 9.17) is 0 Å². The molecule has 0 atom stereocenters. The number of hydrogen-bond donors (Lipinski definition) is 2. The van der Waals surface area contributed by atoms with Crippen molar-refractivity contribution in [3.63, 3.8) is 0 Å². The monoisotopic (exact) mass is 242 g/mol. The number of aliphatic hydroxyl groups is 1. The summed E-state index contributed by atoms with van der Waals surface area (Å²) in [5.41, 5.74) is -0.0289. The molecule has 0 aromatic carbocycles. The lowest BCUT2D eigenvalue weighted by Gasteiger charge is -2.38. The third kappa shape index (κ3) is 3.27. The lowest BCUT2D eigenvalue weighted by Crippen LogP contribution is -2.55. The number of nitrogens with one attached hydrogen (secondary N) is 1. The Hall–Kier alpha value is -0.450. The lowest BCUT2D eigenvalue weighted by molar-refractivity contribution is -0.00543. The first-order valence-corrected chi connectivity index (χ1v) is 6.55. The van der Waals surface area contributed by atoms with Crippen LogP contribution >= 0.6 is 11.3 Å². The summed E-state index contributed by atoms with van der Waals surface area (Å²) < 4.78 is 0. The number of aromatic nitrogens is 1. The average Bonchev–Trinajstić information content (AvgIpc) is 2.60. The van der Waals surface area contributed by atoms with Crippen LogP contribution in [0.1, 0.15) is 45.3 Å². The lowest BCUT2D eigenvalue weighted by atomic mass is 9.86. The van der Waals surface area contributed by atoms with Gasteiger partial charge in [0.05, 0.1) is 16.3 Å². The smallest absolute Gasteiger partial charge is 0.0926 e. The number of nitrogens with zero attached hydrogens (tertiary/aromatic N) is 1. The molecule has 1 aromatic rings. The molecule has 2 N–H and O–H groups in total. The van der Waals surface area contributed by atoms with Crippen molar-refractivity contribution in [2.75, 3.05) is 0 Å². The van der Waals surface area contributed by atoms with Crippen molar-refractivity contribution in [3.8, 4) is 0 Å². The Morgan fingerprint density at radius 3 is 2.44 bits per heavy atom. The van der Waals surface area contributed by atoms with Crippen molar-refractivity contribution < 1.29 is 5.11 Å². The normalized spacial score (nSPS) is 13.1. The van der Waals surface area contributed by atoms with Crippen molar-refractivity contribution in [2.45, 2.75) is 58.7 Å². The van der Waals surface area contributed by atoms with Crippen LogP contribution in [-0.2, 0) is 13.0 Å². The van der Waals surface area contributed by atoms with Gasteiger partial charge in [-0.1, -0.05) is 6.92 Å². The molecule has 0 saturated heterocycles. The zero-order chi connectivity index (χ0) is 12.4. The van der Waals surface area contributed by atoms with Crippen LogP contribution in [0.15, 0.2) is 5.38 Å². The third-order valence-corrected chi connectivity index (χ3v) is 4.18. The van der Waals surface area contributed by atoms with E-state index in [1.807, 2.05) is 27.7 Å². The van der Waals surface area contributed by atoms with Crippen molar-refractivity contribution in [2.24, 2.45) is 0 Å². The molecule has 1 heterocycles. The average molecular weight is 242 g/mol. The van der Waals surface area contributed by atoms with Crippen LogP contribution < -0.4 is 5.32 Å². The predicted octanol–water partition coefficient (Wildman–Crippen LogP) is 2.34. The Labute approximate surface area is 102 Å². The van der Waals surface area contributed by atoms with Gasteiger partial charge in [0.25, 0.3) is 0 Å². The Bertz CT molecular complexity index is 339. The van der Waals surface area contributed by atoms with Gasteiger partial charge in [-0.15, -0.1) is 11.3 Å². The highest BCUT2D eigenvalue weighted by Crippen LogP contribution is 2.21.